The molecular formula is C18H15ClN4O. The highest BCUT2D eigenvalue weighted by atomic mass is 35.5. The maximum atomic E-state index is 12.7. The Morgan fingerprint density at radius 2 is 1.71 bits per heavy atom. The predicted octanol–water partition coefficient (Wildman–Crippen LogP) is 3.03. The molecule has 1 aliphatic heterocycles. The first-order valence-corrected chi connectivity index (χ1v) is 8.14. The van der Waals surface area contributed by atoms with Crippen LogP contribution in [-0.4, -0.2) is 21.3 Å². The van der Waals surface area contributed by atoms with Gasteiger partial charge >= 0.3 is 0 Å². The highest BCUT2D eigenvalue weighted by molar-refractivity contribution is 6.31. The molecule has 0 bridgehead atoms. The van der Waals surface area contributed by atoms with E-state index in [1.807, 2.05) is 59.5 Å². The molecule has 3 aromatic rings. The highest BCUT2D eigenvalue weighted by Crippen LogP contribution is 2.26. The molecule has 0 aliphatic carbocycles. The van der Waals surface area contributed by atoms with Gasteiger partial charge in [0.1, 0.15) is 5.69 Å². The largest absolute Gasteiger partial charge is 0.309 e. The van der Waals surface area contributed by atoms with Crippen LogP contribution < -0.4 is 10.5 Å². The summed E-state index contributed by atoms with van der Waals surface area (Å²) in [5.41, 5.74) is 2.21. The van der Waals surface area contributed by atoms with Crippen LogP contribution in [0.3, 0.4) is 0 Å². The number of anilines is 2. The van der Waals surface area contributed by atoms with Crippen LogP contribution in [0.5, 0.6) is 0 Å². The van der Waals surface area contributed by atoms with Crippen molar-refractivity contribution in [2.24, 2.45) is 0 Å². The molecule has 0 spiro atoms. The van der Waals surface area contributed by atoms with Crippen LogP contribution in [0.25, 0.3) is 0 Å². The minimum absolute atomic E-state index is 0.0987. The molecule has 1 aromatic heterocycles. The van der Waals surface area contributed by atoms with Gasteiger partial charge in [-0.25, -0.2) is 0 Å². The van der Waals surface area contributed by atoms with Gasteiger partial charge in [-0.2, -0.15) is 0 Å². The Balaban J connectivity index is 1.70. The number of nitrogens with zero attached hydrogens (tertiary/aromatic N) is 4. The summed E-state index contributed by atoms with van der Waals surface area (Å²) in [6.07, 6.45) is 0.386. The maximum Gasteiger partial charge on any atom is 0.277 e. The monoisotopic (exact) mass is 338 g/mol. The molecule has 0 atom stereocenters. The third kappa shape index (κ3) is 2.57. The number of rotatable bonds is 3. The second kappa shape index (κ2) is 6.09. The molecule has 0 radical (unpaired) electrons. The van der Waals surface area contributed by atoms with Crippen LogP contribution in [-0.2, 0) is 13.0 Å². The van der Waals surface area contributed by atoms with E-state index in [0.29, 0.717) is 36.2 Å². The molecule has 2 heterocycles. The van der Waals surface area contributed by atoms with Crippen molar-refractivity contribution in [3.05, 3.63) is 81.2 Å². The quantitative estimate of drug-likeness (QED) is 0.736. The standard InChI is InChI=1S/C18H15ClN4O/c19-15-9-5-4-6-13(15)12-16-17(24)23-11-10-22(18(23)21-20-16)14-7-2-1-3-8-14/h1-9H,10-12H2. The van der Waals surface area contributed by atoms with E-state index in [0.717, 1.165) is 11.3 Å². The van der Waals surface area contributed by atoms with Crippen molar-refractivity contribution in [2.45, 2.75) is 13.0 Å². The zero-order valence-corrected chi connectivity index (χ0v) is 13.6. The SMILES string of the molecule is O=c1c(Cc2ccccc2Cl)nnc2n1CCN2c1ccccc1. The lowest BCUT2D eigenvalue weighted by molar-refractivity contribution is 0.716. The summed E-state index contributed by atoms with van der Waals surface area (Å²) >= 11 is 6.18. The van der Waals surface area contributed by atoms with Crippen molar-refractivity contribution in [1.29, 1.82) is 0 Å². The molecule has 6 heteroatoms. The van der Waals surface area contributed by atoms with Gasteiger partial charge < -0.3 is 4.90 Å². The average Bonchev–Trinajstić information content (AvgIpc) is 3.05. The lowest BCUT2D eigenvalue weighted by Gasteiger charge is -2.16. The molecule has 0 unspecified atom stereocenters. The fraction of sp³-hybridized carbons (Fsp3) is 0.167. The maximum absolute atomic E-state index is 12.7. The Kier molecular flexibility index (Phi) is 3.78. The minimum atomic E-state index is -0.0987. The van der Waals surface area contributed by atoms with E-state index in [1.54, 1.807) is 4.57 Å². The van der Waals surface area contributed by atoms with Gasteiger partial charge in [-0.05, 0) is 23.8 Å². The van der Waals surface area contributed by atoms with Crippen molar-refractivity contribution in [3.63, 3.8) is 0 Å². The van der Waals surface area contributed by atoms with Gasteiger partial charge in [0.05, 0.1) is 0 Å². The van der Waals surface area contributed by atoms with E-state index >= 15 is 0 Å². The van der Waals surface area contributed by atoms with E-state index in [-0.39, 0.29) is 5.56 Å². The first kappa shape index (κ1) is 14.9. The van der Waals surface area contributed by atoms with Gasteiger partial charge in [-0.1, -0.05) is 48.0 Å². The third-order valence-electron chi connectivity index (χ3n) is 4.17. The van der Waals surface area contributed by atoms with Crippen LogP contribution in [0.2, 0.25) is 5.02 Å². The summed E-state index contributed by atoms with van der Waals surface area (Å²) < 4.78 is 1.69. The van der Waals surface area contributed by atoms with Gasteiger partial charge in [0, 0.05) is 30.2 Å². The van der Waals surface area contributed by atoms with E-state index in [1.165, 1.54) is 0 Å². The minimum Gasteiger partial charge on any atom is -0.309 e. The molecule has 0 N–H and O–H groups in total. The van der Waals surface area contributed by atoms with Crippen molar-refractivity contribution >= 4 is 23.2 Å². The molecule has 0 amide bonds. The zero-order valence-electron chi connectivity index (χ0n) is 12.9. The second-order valence-electron chi connectivity index (χ2n) is 5.66. The molecule has 1 aliphatic rings. The lowest BCUT2D eigenvalue weighted by atomic mass is 10.1. The van der Waals surface area contributed by atoms with Gasteiger partial charge in [-0.3, -0.25) is 9.36 Å². The summed E-state index contributed by atoms with van der Waals surface area (Å²) in [5, 5.41) is 9.11. The lowest BCUT2D eigenvalue weighted by Crippen LogP contribution is -2.26. The number of halogens is 1. The Hall–Kier alpha value is -2.66. The van der Waals surface area contributed by atoms with Crippen molar-refractivity contribution in [2.75, 3.05) is 11.4 Å². The molecule has 2 aromatic carbocycles. The van der Waals surface area contributed by atoms with E-state index in [2.05, 4.69) is 10.2 Å². The Bertz CT molecular complexity index is 939. The number of benzene rings is 2. The number of hydrogen-bond acceptors (Lipinski definition) is 4. The summed E-state index contributed by atoms with van der Waals surface area (Å²) in [6.45, 7) is 1.32. The smallest absolute Gasteiger partial charge is 0.277 e. The van der Waals surface area contributed by atoms with Crippen LogP contribution in [0.15, 0.2) is 59.4 Å². The predicted molar refractivity (Wildman–Crippen MR) is 94.0 cm³/mol. The fourth-order valence-electron chi connectivity index (χ4n) is 2.94. The summed E-state index contributed by atoms with van der Waals surface area (Å²) in [6, 6.07) is 17.4. The third-order valence-corrected chi connectivity index (χ3v) is 4.53. The molecule has 0 fully saturated rings. The van der Waals surface area contributed by atoms with Crippen molar-refractivity contribution < 1.29 is 0 Å². The van der Waals surface area contributed by atoms with Crippen LogP contribution in [0.1, 0.15) is 11.3 Å². The average molecular weight is 339 g/mol. The van der Waals surface area contributed by atoms with Crippen LogP contribution in [0, 0.1) is 0 Å². The first-order chi connectivity index (χ1) is 11.7. The summed E-state index contributed by atoms with van der Waals surface area (Å²) in [7, 11) is 0. The van der Waals surface area contributed by atoms with E-state index < -0.39 is 0 Å². The van der Waals surface area contributed by atoms with Crippen molar-refractivity contribution in [3.8, 4) is 0 Å². The summed E-state index contributed by atoms with van der Waals surface area (Å²) in [5.74, 6) is 0.592. The highest BCUT2D eigenvalue weighted by Gasteiger charge is 2.25. The Labute approximate surface area is 144 Å². The van der Waals surface area contributed by atoms with Crippen LogP contribution >= 0.6 is 11.6 Å². The van der Waals surface area contributed by atoms with Gasteiger partial charge in [-0.15, -0.1) is 10.2 Å². The van der Waals surface area contributed by atoms with Crippen LogP contribution in [0.4, 0.5) is 11.6 Å². The van der Waals surface area contributed by atoms with Gasteiger partial charge in [0.25, 0.3) is 5.56 Å². The first-order valence-electron chi connectivity index (χ1n) is 7.76. The van der Waals surface area contributed by atoms with Crippen molar-refractivity contribution in [1.82, 2.24) is 14.8 Å². The molecule has 0 saturated heterocycles. The normalized spacial score (nSPS) is 13.1. The molecule has 24 heavy (non-hydrogen) atoms. The number of aromatic nitrogens is 3. The fourth-order valence-corrected chi connectivity index (χ4v) is 3.14. The van der Waals surface area contributed by atoms with E-state index in [4.69, 9.17) is 11.6 Å². The number of fused-ring (bicyclic) bond motifs is 1. The second-order valence-corrected chi connectivity index (χ2v) is 6.07. The number of hydrogen-bond donors (Lipinski definition) is 0. The molecule has 4 rings (SSSR count). The zero-order chi connectivity index (χ0) is 16.5. The molecule has 0 saturated carbocycles. The van der Waals surface area contributed by atoms with Gasteiger partial charge in [0.15, 0.2) is 0 Å². The Morgan fingerprint density at radius 1 is 0.958 bits per heavy atom. The summed E-state index contributed by atoms with van der Waals surface area (Å²) in [4.78, 5) is 14.8. The molecule has 5 nitrogen and oxygen atoms in total. The number of para-hydroxylation sites is 1. The molecule has 120 valence electrons. The Morgan fingerprint density at radius 3 is 2.50 bits per heavy atom. The van der Waals surface area contributed by atoms with Gasteiger partial charge in [0.2, 0.25) is 5.95 Å². The topological polar surface area (TPSA) is 51.0 Å². The molecular weight excluding hydrogens is 324 g/mol. The van der Waals surface area contributed by atoms with E-state index in [9.17, 15) is 4.79 Å².